The van der Waals surface area contributed by atoms with Gasteiger partial charge in [-0.3, -0.25) is 9.97 Å². The van der Waals surface area contributed by atoms with Crippen molar-refractivity contribution in [3.8, 4) is 5.75 Å². The van der Waals surface area contributed by atoms with Crippen molar-refractivity contribution in [3.63, 3.8) is 0 Å². The van der Waals surface area contributed by atoms with E-state index < -0.39 is 0 Å². The zero-order valence-corrected chi connectivity index (χ0v) is 10.7. The van der Waals surface area contributed by atoms with Gasteiger partial charge in [0.05, 0.1) is 12.8 Å². The Morgan fingerprint density at radius 3 is 2.63 bits per heavy atom. The van der Waals surface area contributed by atoms with Gasteiger partial charge in [0, 0.05) is 18.6 Å². The summed E-state index contributed by atoms with van der Waals surface area (Å²) < 4.78 is 5.55. The largest absolute Gasteiger partial charge is 0.492 e. The Morgan fingerprint density at radius 1 is 1.05 bits per heavy atom. The van der Waals surface area contributed by atoms with E-state index >= 15 is 0 Å². The van der Waals surface area contributed by atoms with Crippen LogP contribution >= 0.6 is 0 Å². The molecule has 2 heterocycles. The van der Waals surface area contributed by atoms with Gasteiger partial charge in [0.25, 0.3) is 0 Å². The number of rotatable bonds is 6. The molecular weight excluding hydrogens is 238 g/mol. The van der Waals surface area contributed by atoms with Gasteiger partial charge in [-0.15, -0.1) is 0 Å². The van der Waals surface area contributed by atoms with Crippen molar-refractivity contribution in [1.29, 1.82) is 0 Å². The topological polar surface area (TPSA) is 61.0 Å². The van der Waals surface area contributed by atoms with Gasteiger partial charge in [-0.2, -0.15) is 0 Å². The van der Waals surface area contributed by atoms with Gasteiger partial charge in [-0.25, -0.2) is 0 Å². The summed E-state index contributed by atoms with van der Waals surface area (Å²) in [6.07, 6.45) is 11.9. The molecule has 0 saturated heterocycles. The normalized spacial score (nSPS) is 10.8. The average Bonchev–Trinajstić information content (AvgIpc) is 2.47. The van der Waals surface area contributed by atoms with Crippen LogP contribution in [0.1, 0.15) is 17.5 Å². The van der Waals surface area contributed by atoms with Crippen LogP contribution in [0, 0.1) is 0 Å². The molecule has 0 aliphatic rings. The summed E-state index contributed by atoms with van der Waals surface area (Å²) in [5, 5.41) is 0. The van der Waals surface area contributed by atoms with Crippen LogP contribution < -0.4 is 10.5 Å². The van der Waals surface area contributed by atoms with Crippen LogP contribution in [0.15, 0.2) is 43.0 Å². The van der Waals surface area contributed by atoms with E-state index in [1.807, 2.05) is 30.4 Å². The number of ether oxygens (including phenoxy) is 1. The number of hydrogen-bond acceptors (Lipinski definition) is 4. The zero-order valence-electron chi connectivity index (χ0n) is 10.7. The fourth-order valence-corrected chi connectivity index (χ4v) is 1.55. The second kappa shape index (κ2) is 7.28. The molecule has 0 atom stereocenters. The van der Waals surface area contributed by atoms with E-state index in [4.69, 9.17) is 10.5 Å². The van der Waals surface area contributed by atoms with Crippen molar-refractivity contribution in [1.82, 2.24) is 9.97 Å². The maximum Gasteiger partial charge on any atom is 0.138 e. The van der Waals surface area contributed by atoms with Gasteiger partial charge < -0.3 is 10.5 Å². The first-order chi connectivity index (χ1) is 9.38. The number of aromatic nitrogens is 2. The molecule has 0 aliphatic carbocycles. The van der Waals surface area contributed by atoms with Crippen molar-refractivity contribution in [2.24, 2.45) is 5.73 Å². The molecular formula is C15H17N3O. The molecule has 0 amide bonds. The standard InChI is InChI=1S/C15H17N3O/c16-6-1-9-19-15-10-14(11-18-12-15)3-2-13-4-7-17-8-5-13/h2-5,7-8,10-12H,1,6,9,16H2/b3-2+. The van der Waals surface area contributed by atoms with E-state index in [1.54, 1.807) is 24.8 Å². The molecule has 2 aromatic heterocycles. The molecule has 2 aromatic rings. The number of nitrogens with two attached hydrogens (primary N) is 1. The van der Waals surface area contributed by atoms with Crippen LogP contribution in [0.5, 0.6) is 5.75 Å². The third-order valence-electron chi connectivity index (χ3n) is 2.53. The van der Waals surface area contributed by atoms with E-state index in [9.17, 15) is 0 Å². The van der Waals surface area contributed by atoms with E-state index in [-0.39, 0.29) is 0 Å². The minimum atomic E-state index is 0.621. The molecule has 98 valence electrons. The minimum Gasteiger partial charge on any atom is -0.492 e. The Balaban J connectivity index is 2.00. The molecule has 0 spiro atoms. The lowest BCUT2D eigenvalue weighted by Crippen LogP contribution is -2.06. The Morgan fingerprint density at radius 2 is 1.84 bits per heavy atom. The lowest BCUT2D eigenvalue weighted by Gasteiger charge is -2.04. The molecule has 0 unspecified atom stereocenters. The molecule has 2 N–H and O–H groups in total. The molecule has 0 radical (unpaired) electrons. The molecule has 2 rings (SSSR count). The van der Waals surface area contributed by atoms with Crippen molar-refractivity contribution in [2.75, 3.05) is 13.2 Å². The minimum absolute atomic E-state index is 0.621. The van der Waals surface area contributed by atoms with Gasteiger partial charge in [-0.05, 0) is 42.3 Å². The zero-order chi connectivity index (χ0) is 13.3. The van der Waals surface area contributed by atoms with Crippen molar-refractivity contribution in [3.05, 3.63) is 54.1 Å². The molecule has 0 fully saturated rings. The quantitative estimate of drug-likeness (QED) is 0.805. The first-order valence-corrected chi connectivity index (χ1v) is 6.24. The van der Waals surface area contributed by atoms with Gasteiger partial charge >= 0.3 is 0 Å². The second-order valence-corrected chi connectivity index (χ2v) is 4.06. The monoisotopic (exact) mass is 255 g/mol. The lowest BCUT2D eigenvalue weighted by molar-refractivity contribution is 0.312. The molecule has 0 aromatic carbocycles. The summed E-state index contributed by atoms with van der Waals surface area (Å²) in [5.74, 6) is 0.769. The summed E-state index contributed by atoms with van der Waals surface area (Å²) in [5.41, 5.74) is 7.53. The summed E-state index contributed by atoms with van der Waals surface area (Å²) in [6, 6.07) is 5.86. The Hall–Kier alpha value is -2.20. The van der Waals surface area contributed by atoms with Crippen molar-refractivity contribution < 1.29 is 4.74 Å². The Labute approximate surface area is 113 Å². The summed E-state index contributed by atoms with van der Waals surface area (Å²) in [6.45, 7) is 1.25. The second-order valence-electron chi connectivity index (χ2n) is 4.06. The summed E-state index contributed by atoms with van der Waals surface area (Å²) in [7, 11) is 0. The predicted molar refractivity (Wildman–Crippen MR) is 76.6 cm³/mol. The highest BCUT2D eigenvalue weighted by atomic mass is 16.5. The van der Waals surface area contributed by atoms with Crippen LogP contribution in [0.25, 0.3) is 12.2 Å². The van der Waals surface area contributed by atoms with Gasteiger partial charge in [-0.1, -0.05) is 12.2 Å². The molecule has 0 aliphatic heterocycles. The number of nitrogens with zero attached hydrogens (tertiary/aromatic N) is 2. The van der Waals surface area contributed by atoms with Crippen LogP contribution in [-0.4, -0.2) is 23.1 Å². The maximum absolute atomic E-state index is 5.55. The van der Waals surface area contributed by atoms with E-state index in [0.29, 0.717) is 13.2 Å². The van der Waals surface area contributed by atoms with Crippen LogP contribution in [0.3, 0.4) is 0 Å². The fraction of sp³-hybridized carbons (Fsp3) is 0.200. The maximum atomic E-state index is 5.55. The fourth-order valence-electron chi connectivity index (χ4n) is 1.55. The van der Waals surface area contributed by atoms with E-state index in [1.165, 1.54) is 0 Å². The molecule has 19 heavy (non-hydrogen) atoms. The molecule has 4 heteroatoms. The molecule has 0 bridgehead atoms. The van der Waals surface area contributed by atoms with Gasteiger partial charge in [0.2, 0.25) is 0 Å². The first-order valence-electron chi connectivity index (χ1n) is 6.24. The van der Waals surface area contributed by atoms with Gasteiger partial charge in [0.15, 0.2) is 0 Å². The Bertz CT molecular complexity index is 526. The average molecular weight is 255 g/mol. The smallest absolute Gasteiger partial charge is 0.138 e. The first kappa shape index (κ1) is 13.2. The van der Waals surface area contributed by atoms with Crippen LogP contribution in [-0.2, 0) is 0 Å². The van der Waals surface area contributed by atoms with Crippen LogP contribution in [0.2, 0.25) is 0 Å². The van der Waals surface area contributed by atoms with Gasteiger partial charge in [0.1, 0.15) is 5.75 Å². The van der Waals surface area contributed by atoms with Crippen LogP contribution in [0.4, 0.5) is 0 Å². The van der Waals surface area contributed by atoms with E-state index in [2.05, 4.69) is 9.97 Å². The number of hydrogen-bond donors (Lipinski definition) is 1. The highest BCUT2D eigenvalue weighted by Gasteiger charge is 1.95. The summed E-state index contributed by atoms with van der Waals surface area (Å²) in [4.78, 5) is 8.14. The third kappa shape index (κ3) is 4.52. The predicted octanol–water partition coefficient (Wildman–Crippen LogP) is 2.37. The van der Waals surface area contributed by atoms with Crippen molar-refractivity contribution in [2.45, 2.75) is 6.42 Å². The highest BCUT2D eigenvalue weighted by Crippen LogP contribution is 2.14. The van der Waals surface area contributed by atoms with E-state index in [0.717, 1.165) is 23.3 Å². The molecule has 4 nitrogen and oxygen atoms in total. The summed E-state index contributed by atoms with van der Waals surface area (Å²) >= 11 is 0. The Kier molecular flexibility index (Phi) is 5.07. The lowest BCUT2D eigenvalue weighted by atomic mass is 10.2. The molecule has 0 saturated carbocycles. The highest BCUT2D eigenvalue weighted by molar-refractivity contribution is 5.69. The third-order valence-corrected chi connectivity index (χ3v) is 2.53. The van der Waals surface area contributed by atoms with Crippen molar-refractivity contribution >= 4 is 12.2 Å². The SMILES string of the molecule is NCCCOc1cncc(/C=C/c2ccncc2)c1. The number of pyridine rings is 2.